The number of hydrogen-bond acceptors (Lipinski definition) is 2. The van der Waals surface area contributed by atoms with Crippen LogP contribution in [-0.4, -0.2) is 22.8 Å². The molecule has 1 saturated heterocycles. The van der Waals surface area contributed by atoms with Gasteiger partial charge in [0, 0.05) is 17.5 Å². The van der Waals surface area contributed by atoms with Crippen LogP contribution in [0.4, 0.5) is 0 Å². The van der Waals surface area contributed by atoms with Gasteiger partial charge in [-0.3, -0.25) is 0 Å². The third kappa shape index (κ3) is 3.79. The second-order valence-corrected chi connectivity index (χ2v) is 6.20. The van der Waals surface area contributed by atoms with Crippen LogP contribution in [0.15, 0.2) is 24.3 Å². The molecule has 0 aromatic heterocycles. The van der Waals surface area contributed by atoms with Gasteiger partial charge in [-0.2, -0.15) is 0 Å². The van der Waals surface area contributed by atoms with E-state index in [4.69, 9.17) is 12.8 Å². The average Bonchev–Trinajstić information content (AvgIpc) is 2.49. The van der Waals surface area contributed by atoms with E-state index in [1.807, 2.05) is 6.08 Å². The zero-order chi connectivity index (χ0) is 15.1. The van der Waals surface area contributed by atoms with Crippen molar-refractivity contribution in [2.24, 2.45) is 5.92 Å². The minimum absolute atomic E-state index is 0.0263. The van der Waals surface area contributed by atoms with Crippen LogP contribution in [0.25, 0.3) is 0 Å². The molecule has 1 aliphatic carbocycles. The predicted octanol–water partition coefficient (Wildman–Crippen LogP) is 2.80. The molecule has 0 unspecified atom stereocenters. The van der Waals surface area contributed by atoms with E-state index < -0.39 is 0 Å². The zero-order valence-corrected chi connectivity index (χ0v) is 12.6. The van der Waals surface area contributed by atoms with Crippen LogP contribution in [-0.2, 0) is 0 Å². The quantitative estimate of drug-likeness (QED) is 0.781. The molecule has 0 aromatic rings. The number of piperidine rings is 1. The van der Waals surface area contributed by atoms with Gasteiger partial charge < -0.3 is 10.4 Å². The fourth-order valence-corrected chi connectivity index (χ4v) is 4.00. The Morgan fingerprint density at radius 1 is 1.14 bits per heavy atom. The molecule has 0 radical (unpaired) electrons. The highest BCUT2D eigenvalue weighted by atomic mass is 16.3. The standard InChI is InChI=1S/C19H25NO/c1-3-5-7-12-17-18(21)13-9-15-19(17)14-8-11-16(20-19)10-6-4-2/h1-2,5-7,10,16-18,20-21H,8-9,11-15H2/b7-5-,10-6-/t16-,17-,18+,19-/m0/s1. The molecular weight excluding hydrogens is 258 g/mol. The van der Waals surface area contributed by atoms with Gasteiger partial charge in [-0.1, -0.05) is 24.0 Å². The van der Waals surface area contributed by atoms with Crippen molar-refractivity contribution in [3.05, 3.63) is 24.3 Å². The van der Waals surface area contributed by atoms with Crippen molar-refractivity contribution in [1.29, 1.82) is 0 Å². The van der Waals surface area contributed by atoms with Crippen LogP contribution >= 0.6 is 0 Å². The van der Waals surface area contributed by atoms with E-state index in [0.29, 0.717) is 6.04 Å². The second kappa shape index (κ2) is 7.51. The van der Waals surface area contributed by atoms with E-state index >= 15 is 0 Å². The summed E-state index contributed by atoms with van der Waals surface area (Å²) < 4.78 is 0. The maximum Gasteiger partial charge on any atom is 0.0589 e. The fraction of sp³-hybridized carbons (Fsp3) is 0.579. The van der Waals surface area contributed by atoms with Crippen molar-refractivity contribution in [2.45, 2.75) is 62.6 Å². The topological polar surface area (TPSA) is 32.3 Å². The zero-order valence-electron chi connectivity index (χ0n) is 12.6. The van der Waals surface area contributed by atoms with Crippen LogP contribution in [0.2, 0.25) is 0 Å². The maximum absolute atomic E-state index is 10.5. The first kappa shape index (κ1) is 15.9. The van der Waals surface area contributed by atoms with Crippen LogP contribution in [0, 0.1) is 30.6 Å². The van der Waals surface area contributed by atoms with Crippen molar-refractivity contribution in [2.75, 3.05) is 0 Å². The smallest absolute Gasteiger partial charge is 0.0589 e. The van der Waals surface area contributed by atoms with Crippen LogP contribution in [0.5, 0.6) is 0 Å². The van der Waals surface area contributed by atoms with Crippen molar-refractivity contribution in [3.8, 4) is 24.7 Å². The third-order valence-corrected chi connectivity index (χ3v) is 4.94. The highest BCUT2D eigenvalue weighted by Crippen LogP contribution is 2.42. The fourth-order valence-electron chi connectivity index (χ4n) is 4.00. The lowest BCUT2D eigenvalue weighted by Gasteiger charge is -2.51. The Kier molecular flexibility index (Phi) is 5.68. The summed E-state index contributed by atoms with van der Waals surface area (Å²) in [5.74, 6) is 5.33. The molecule has 2 rings (SSSR count). The lowest BCUT2D eigenvalue weighted by Crippen LogP contribution is -2.61. The first-order chi connectivity index (χ1) is 10.2. The summed E-state index contributed by atoms with van der Waals surface area (Å²) in [5, 5.41) is 14.3. The monoisotopic (exact) mass is 283 g/mol. The van der Waals surface area contributed by atoms with Gasteiger partial charge in [0.2, 0.25) is 0 Å². The first-order valence-electron chi connectivity index (χ1n) is 7.91. The van der Waals surface area contributed by atoms with E-state index in [-0.39, 0.29) is 17.6 Å². The molecule has 1 spiro atoms. The Hall–Kier alpha value is -1.48. The molecule has 0 bridgehead atoms. The molecule has 1 heterocycles. The molecule has 2 fully saturated rings. The summed E-state index contributed by atoms with van der Waals surface area (Å²) >= 11 is 0. The summed E-state index contributed by atoms with van der Waals surface area (Å²) in [5.41, 5.74) is 0.0263. The molecule has 2 N–H and O–H groups in total. The number of aliphatic hydroxyl groups excluding tert-OH is 1. The minimum atomic E-state index is -0.246. The Morgan fingerprint density at radius 3 is 2.57 bits per heavy atom. The second-order valence-electron chi connectivity index (χ2n) is 6.20. The highest BCUT2D eigenvalue weighted by Gasteiger charge is 2.46. The molecule has 2 nitrogen and oxygen atoms in total. The van der Waals surface area contributed by atoms with Gasteiger partial charge in [-0.25, -0.2) is 0 Å². The maximum atomic E-state index is 10.5. The molecule has 21 heavy (non-hydrogen) atoms. The SMILES string of the molecule is C#C/C=C\C[C@H]1[C@H](O)CCC[C@@]12CCC[C@H](/C=C\C#C)N2. The Balaban J connectivity index is 2.15. The van der Waals surface area contributed by atoms with Gasteiger partial charge >= 0.3 is 0 Å². The Bertz CT molecular complexity index is 475. The largest absolute Gasteiger partial charge is 0.393 e. The van der Waals surface area contributed by atoms with Crippen LogP contribution in [0.3, 0.4) is 0 Å². The molecule has 0 amide bonds. The Labute approximate surface area is 128 Å². The number of allylic oxidation sites excluding steroid dienone is 3. The third-order valence-electron chi connectivity index (χ3n) is 4.94. The molecule has 2 heteroatoms. The van der Waals surface area contributed by atoms with E-state index in [1.54, 1.807) is 12.2 Å². The number of rotatable bonds is 3. The number of terminal acetylenes is 2. The van der Waals surface area contributed by atoms with Crippen molar-refractivity contribution >= 4 is 0 Å². The lowest BCUT2D eigenvalue weighted by molar-refractivity contribution is -0.0149. The Morgan fingerprint density at radius 2 is 1.86 bits per heavy atom. The van der Waals surface area contributed by atoms with Crippen molar-refractivity contribution in [1.82, 2.24) is 5.32 Å². The lowest BCUT2D eigenvalue weighted by atomic mass is 9.65. The van der Waals surface area contributed by atoms with Gasteiger partial charge in [0.1, 0.15) is 0 Å². The molecule has 1 saturated carbocycles. The van der Waals surface area contributed by atoms with E-state index in [9.17, 15) is 5.11 Å². The minimum Gasteiger partial charge on any atom is -0.393 e. The average molecular weight is 283 g/mol. The first-order valence-corrected chi connectivity index (χ1v) is 7.91. The molecule has 112 valence electrons. The number of nitrogens with one attached hydrogen (secondary N) is 1. The van der Waals surface area contributed by atoms with Gasteiger partial charge in [0.05, 0.1) is 6.10 Å². The number of hydrogen-bond donors (Lipinski definition) is 2. The summed E-state index contributed by atoms with van der Waals surface area (Å²) in [4.78, 5) is 0. The summed E-state index contributed by atoms with van der Waals surface area (Å²) in [6.45, 7) is 0. The van der Waals surface area contributed by atoms with Crippen LogP contribution < -0.4 is 5.32 Å². The summed E-state index contributed by atoms with van der Waals surface area (Å²) in [7, 11) is 0. The summed E-state index contributed by atoms with van der Waals surface area (Å²) in [6.07, 6.45) is 25.3. The van der Waals surface area contributed by atoms with Crippen molar-refractivity contribution in [3.63, 3.8) is 0 Å². The van der Waals surface area contributed by atoms with Crippen molar-refractivity contribution < 1.29 is 5.11 Å². The molecule has 0 aromatic carbocycles. The van der Waals surface area contributed by atoms with E-state index in [2.05, 4.69) is 23.2 Å². The molecule has 1 aliphatic heterocycles. The van der Waals surface area contributed by atoms with Gasteiger partial charge in [-0.05, 0) is 57.1 Å². The van der Waals surface area contributed by atoms with E-state index in [1.165, 1.54) is 6.42 Å². The van der Waals surface area contributed by atoms with E-state index in [0.717, 1.165) is 38.5 Å². The molecule has 4 atom stereocenters. The molecule has 2 aliphatic rings. The normalized spacial score (nSPS) is 36.8. The molecular formula is C19H25NO. The van der Waals surface area contributed by atoms with Gasteiger partial charge in [0.25, 0.3) is 0 Å². The highest BCUT2D eigenvalue weighted by molar-refractivity contribution is 5.16. The number of aliphatic hydroxyl groups is 1. The van der Waals surface area contributed by atoms with Crippen LogP contribution in [0.1, 0.15) is 44.9 Å². The van der Waals surface area contributed by atoms with Gasteiger partial charge in [-0.15, -0.1) is 12.8 Å². The predicted molar refractivity (Wildman–Crippen MR) is 87.4 cm³/mol. The van der Waals surface area contributed by atoms with Gasteiger partial charge in [0.15, 0.2) is 0 Å². The summed E-state index contributed by atoms with van der Waals surface area (Å²) in [6, 6.07) is 0.319.